The number of ether oxygens (including phenoxy) is 1. The lowest BCUT2D eigenvalue weighted by Crippen LogP contribution is -2.51. The van der Waals surface area contributed by atoms with Crippen molar-refractivity contribution in [2.24, 2.45) is 0 Å². The van der Waals surface area contributed by atoms with Gasteiger partial charge in [0.2, 0.25) is 5.76 Å². The summed E-state index contributed by atoms with van der Waals surface area (Å²) in [5.74, 6) is -6.04. The van der Waals surface area contributed by atoms with Gasteiger partial charge in [0.1, 0.15) is 30.5 Å². The smallest absolute Gasteiger partial charge is 0.377 e. The zero-order chi connectivity index (χ0) is 32.3. The Morgan fingerprint density at radius 3 is 1.44 bits per heavy atom. The number of hydrogen-bond acceptors (Lipinski definition) is 15. The molecule has 0 fully saturated rings. The first-order valence-electron chi connectivity index (χ1n) is 12.3. The van der Waals surface area contributed by atoms with E-state index in [1.807, 2.05) is 0 Å². The third-order valence-electron chi connectivity index (χ3n) is 5.36. The molecule has 240 valence electrons. The minimum absolute atomic E-state index is 0.245. The highest BCUT2D eigenvalue weighted by molar-refractivity contribution is 5.89. The number of aliphatic carboxylic acids is 3. The number of hydrogen-bond donors (Lipinski definition) is 13. The van der Waals surface area contributed by atoms with E-state index < -0.39 is 91.3 Å². The molecule has 0 aromatic rings. The van der Waals surface area contributed by atoms with E-state index in [0.717, 1.165) is 38.5 Å². The van der Waals surface area contributed by atoms with Crippen LogP contribution in [0.3, 0.4) is 0 Å². The van der Waals surface area contributed by atoms with Gasteiger partial charge < -0.3 is 71.1 Å². The van der Waals surface area contributed by atoms with Crippen molar-refractivity contribution in [2.75, 3.05) is 13.2 Å². The highest BCUT2D eigenvalue weighted by Crippen LogP contribution is 2.20. The molecule has 0 aliphatic carbocycles. The van der Waals surface area contributed by atoms with Crippen LogP contribution >= 0.6 is 0 Å². The predicted molar refractivity (Wildman–Crippen MR) is 132 cm³/mol. The molecule has 18 heteroatoms. The lowest BCUT2D eigenvalue weighted by atomic mass is 9.99. The number of aliphatic hydroxyl groups is 10. The molecular weight excluding hydrogens is 564 g/mol. The van der Waals surface area contributed by atoms with Crippen molar-refractivity contribution >= 4 is 23.9 Å². The Morgan fingerprint density at radius 2 is 1.12 bits per heavy atom. The third-order valence-corrected chi connectivity index (χ3v) is 5.36. The maximum absolute atomic E-state index is 10.5. The molecule has 1 aliphatic rings. The van der Waals surface area contributed by atoms with E-state index in [0.29, 0.717) is 0 Å². The number of carboxylic acid groups (broad SMARTS) is 3. The van der Waals surface area contributed by atoms with Crippen LogP contribution in [0.4, 0.5) is 0 Å². The first-order chi connectivity index (χ1) is 19.0. The minimum Gasteiger partial charge on any atom is -0.505 e. The Hall–Kier alpha value is -3.10. The molecule has 41 heavy (non-hydrogen) atoms. The molecule has 0 saturated heterocycles. The largest absolute Gasteiger partial charge is 0.505 e. The normalized spacial score (nSPS) is 18.8. The summed E-state index contributed by atoms with van der Waals surface area (Å²) in [5, 5.41) is 113. The van der Waals surface area contributed by atoms with Crippen LogP contribution in [0, 0.1) is 0 Å². The summed E-state index contributed by atoms with van der Waals surface area (Å²) in [7, 11) is 0. The quantitative estimate of drug-likeness (QED) is 0.0572. The summed E-state index contributed by atoms with van der Waals surface area (Å²) < 4.78 is 4.32. The molecule has 1 heterocycles. The number of esters is 1. The van der Waals surface area contributed by atoms with E-state index in [1.54, 1.807) is 0 Å². The molecule has 0 radical (unpaired) electrons. The number of cyclic esters (lactones) is 1. The highest BCUT2D eigenvalue weighted by Gasteiger charge is 2.39. The van der Waals surface area contributed by atoms with Crippen LogP contribution in [0.1, 0.15) is 51.4 Å². The molecule has 0 aromatic heterocycles. The Morgan fingerprint density at radius 1 is 0.683 bits per heavy atom. The molecule has 1 aliphatic heterocycles. The van der Waals surface area contributed by atoms with Gasteiger partial charge in [0, 0.05) is 12.8 Å². The number of carboxylic acids is 3. The second-order valence-corrected chi connectivity index (χ2v) is 8.72. The molecule has 18 nitrogen and oxygen atoms in total. The summed E-state index contributed by atoms with van der Waals surface area (Å²) in [5.41, 5.74) is 0. The van der Waals surface area contributed by atoms with Crippen molar-refractivity contribution in [1.29, 1.82) is 0 Å². The summed E-state index contributed by atoms with van der Waals surface area (Å²) in [6.45, 7) is -1.55. The maximum atomic E-state index is 10.5. The van der Waals surface area contributed by atoms with Crippen molar-refractivity contribution in [3.63, 3.8) is 0 Å². The van der Waals surface area contributed by atoms with Crippen molar-refractivity contribution in [3.8, 4) is 0 Å². The highest BCUT2D eigenvalue weighted by atomic mass is 16.6. The summed E-state index contributed by atoms with van der Waals surface area (Å²) in [4.78, 5) is 41.0. The van der Waals surface area contributed by atoms with E-state index in [4.69, 9.17) is 66.4 Å². The second kappa shape index (κ2) is 21.6. The van der Waals surface area contributed by atoms with Crippen LogP contribution in [-0.2, 0) is 23.9 Å². The molecule has 1 rings (SSSR count). The lowest BCUT2D eigenvalue weighted by molar-refractivity contribution is -0.169. The minimum atomic E-state index is -2.29. The summed E-state index contributed by atoms with van der Waals surface area (Å²) >= 11 is 0. The molecule has 0 aromatic carbocycles. The first-order valence-corrected chi connectivity index (χ1v) is 12.3. The standard InChI is InChI=1S/C10H18O4.C7H14O8.C6H8O6/c11-9(12)7-5-3-1-2-4-6-8-10(13)14;8-1-2(9)3(10)4(11)5(12)6(13)7(14)15;7-1-2(8)5-3(9)4(10)6(11)12-5/h1-8H2,(H,11,12)(H,13,14);2-6,8-13H,1H2,(H,14,15);2,5,7-10H,1H2/t;2-,3-,4+,5-,6-;2-,5+/m.10/s1. The van der Waals surface area contributed by atoms with Crippen LogP contribution in [-0.4, -0.2) is 146 Å². The van der Waals surface area contributed by atoms with Crippen molar-refractivity contribution in [3.05, 3.63) is 11.5 Å². The second-order valence-electron chi connectivity index (χ2n) is 8.72. The zero-order valence-corrected chi connectivity index (χ0v) is 22.0. The fourth-order valence-corrected chi connectivity index (χ4v) is 2.95. The Balaban J connectivity index is 0. The maximum Gasteiger partial charge on any atom is 0.377 e. The monoisotopic (exact) mass is 604 g/mol. The molecule has 0 amide bonds. The average Bonchev–Trinajstić information content (AvgIpc) is 3.19. The van der Waals surface area contributed by atoms with E-state index in [2.05, 4.69) is 4.74 Å². The van der Waals surface area contributed by atoms with Gasteiger partial charge in [-0.3, -0.25) is 9.59 Å². The van der Waals surface area contributed by atoms with Crippen LogP contribution in [0.15, 0.2) is 11.5 Å². The predicted octanol–water partition coefficient (Wildman–Crippen LogP) is -3.26. The number of carbonyl (C=O) groups excluding carboxylic acids is 1. The van der Waals surface area contributed by atoms with Gasteiger partial charge in [0.25, 0.3) is 0 Å². The Bertz CT molecular complexity index is 809. The van der Waals surface area contributed by atoms with Gasteiger partial charge in [-0.1, -0.05) is 25.7 Å². The van der Waals surface area contributed by atoms with Crippen molar-refractivity contribution in [1.82, 2.24) is 0 Å². The Labute approximate surface area is 233 Å². The van der Waals surface area contributed by atoms with Crippen LogP contribution in [0.25, 0.3) is 0 Å². The SMILES string of the molecule is O=C(O)CCCCCCCCC(=O)O.O=C(O)[C@H](O)[C@H](O)[C@@H](O)[C@H](O)[C@H](O)CO.O=C1O[C@H]([C@@H](O)CO)C(O)=C1O. The third kappa shape index (κ3) is 16.7. The number of carbonyl (C=O) groups is 4. The van der Waals surface area contributed by atoms with Gasteiger partial charge >= 0.3 is 23.9 Å². The van der Waals surface area contributed by atoms with Gasteiger partial charge in [0.15, 0.2) is 18.0 Å². The van der Waals surface area contributed by atoms with Crippen molar-refractivity contribution in [2.45, 2.75) is 94.1 Å². The molecule has 0 unspecified atom stereocenters. The zero-order valence-electron chi connectivity index (χ0n) is 22.0. The van der Waals surface area contributed by atoms with Crippen LogP contribution in [0.2, 0.25) is 0 Å². The fraction of sp³-hybridized carbons (Fsp3) is 0.739. The average molecular weight is 605 g/mol. The van der Waals surface area contributed by atoms with E-state index in [9.17, 15) is 19.2 Å². The van der Waals surface area contributed by atoms with E-state index in [1.165, 1.54) is 0 Å². The van der Waals surface area contributed by atoms with Gasteiger partial charge in [-0.05, 0) is 12.8 Å². The number of aliphatic hydroxyl groups excluding tert-OH is 10. The number of unbranched alkanes of at least 4 members (excludes halogenated alkanes) is 5. The summed E-state index contributed by atoms with van der Waals surface area (Å²) in [6.07, 6.45) is -7.20. The lowest BCUT2D eigenvalue weighted by Gasteiger charge is -2.26. The fourth-order valence-electron chi connectivity index (χ4n) is 2.95. The van der Waals surface area contributed by atoms with Crippen LogP contribution in [0.5, 0.6) is 0 Å². The molecule has 13 N–H and O–H groups in total. The van der Waals surface area contributed by atoms with Gasteiger partial charge in [0.05, 0.1) is 13.2 Å². The van der Waals surface area contributed by atoms with E-state index >= 15 is 0 Å². The van der Waals surface area contributed by atoms with Gasteiger partial charge in [-0.15, -0.1) is 0 Å². The first kappa shape index (κ1) is 40.0. The van der Waals surface area contributed by atoms with Crippen molar-refractivity contribution < 1.29 is 90.3 Å². The van der Waals surface area contributed by atoms with Gasteiger partial charge in [-0.2, -0.15) is 0 Å². The molecule has 0 saturated carbocycles. The van der Waals surface area contributed by atoms with Crippen LogP contribution < -0.4 is 0 Å². The molecule has 7 atom stereocenters. The van der Waals surface area contributed by atoms with E-state index in [-0.39, 0.29) is 12.8 Å². The topological polar surface area (TPSA) is 340 Å². The molecule has 0 bridgehead atoms. The Kier molecular flexibility index (Phi) is 21.1. The molecule has 0 spiro atoms. The summed E-state index contributed by atoms with van der Waals surface area (Å²) in [6, 6.07) is 0. The number of rotatable bonds is 17. The van der Waals surface area contributed by atoms with Gasteiger partial charge in [-0.25, -0.2) is 9.59 Å². The molecular formula is C23H40O18.